The van der Waals surface area contributed by atoms with Crippen molar-refractivity contribution in [3.8, 4) is 11.1 Å². The summed E-state index contributed by atoms with van der Waals surface area (Å²) in [4.78, 5) is 15.1. The van der Waals surface area contributed by atoms with Gasteiger partial charge in [0.25, 0.3) is 0 Å². The summed E-state index contributed by atoms with van der Waals surface area (Å²) in [7, 11) is 3.59. The number of hydrogen-bond acceptors (Lipinski definition) is 3. The predicted molar refractivity (Wildman–Crippen MR) is 112 cm³/mol. The maximum Gasteiger partial charge on any atom is 0.231 e. The summed E-state index contributed by atoms with van der Waals surface area (Å²) in [5.74, 6) is 0.184. The summed E-state index contributed by atoms with van der Waals surface area (Å²) < 4.78 is 5.42. The van der Waals surface area contributed by atoms with Crippen LogP contribution in [0.2, 0.25) is 0 Å². The van der Waals surface area contributed by atoms with Crippen molar-refractivity contribution < 1.29 is 9.53 Å². The molecule has 1 fully saturated rings. The van der Waals surface area contributed by atoms with Gasteiger partial charge in [0.05, 0.1) is 12.0 Å². The van der Waals surface area contributed by atoms with Crippen LogP contribution in [0.5, 0.6) is 0 Å². The molecule has 2 aromatic carbocycles. The number of halogens is 1. The monoisotopic (exact) mass is 388 g/mol. The van der Waals surface area contributed by atoms with Crippen LogP contribution in [-0.2, 0) is 16.1 Å². The number of amides is 1. The summed E-state index contributed by atoms with van der Waals surface area (Å²) in [6.45, 7) is 2.81. The van der Waals surface area contributed by atoms with Crippen molar-refractivity contribution in [2.24, 2.45) is 5.41 Å². The van der Waals surface area contributed by atoms with Gasteiger partial charge in [0.2, 0.25) is 5.91 Å². The summed E-state index contributed by atoms with van der Waals surface area (Å²) >= 11 is 0. The average molecular weight is 389 g/mol. The van der Waals surface area contributed by atoms with Crippen molar-refractivity contribution in [2.75, 3.05) is 33.9 Å². The molecule has 1 heterocycles. The van der Waals surface area contributed by atoms with E-state index >= 15 is 0 Å². The molecule has 0 atom stereocenters. The molecule has 0 unspecified atom stereocenters. The number of benzene rings is 2. The van der Waals surface area contributed by atoms with E-state index in [9.17, 15) is 4.79 Å². The minimum absolute atomic E-state index is 0. The Morgan fingerprint density at radius 1 is 1.07 bits per heavy atom. The normalized spacial score (nSPS) is 15.6. The minimum Gasteiger partial charge on any atom is -0.384 e. The minimum atomic E-state index is -0.406. The molecule has 0 saturated carbocycles. The second-order valence-electron chi connectivity index (χ2n) is 7.15. The molecular formula is C22H29ClN2O2. The van der Waals surface area contributed by atoms with Gasteiger partial charge in [-0.1, -0.05) is 54.6 Å². The van der Waals surface area contributed by atoms with E-state index in [1.165, 1.54) is 11.1 Å². The predicted octanol–water partition coefficient (Wildman–Crippen LogP) is 3.75. The van der Waals surface area contributed by atoms with Crippen LogP contribution < -0.4 is 5.32 Å². The van der Waals surface area contributed by atoms with E-state index in [4.69, 9.17) is 4.74 Å². The first-order chi connectivity index (χ1) is 12.7. The van der Waals surface area contributed by atoms with Crippen molar-refractivity contribution in [1.29, 1.82) is 0 Å². The molecule has 4 nitrogen and oxygen atoms in total. The van der Waals surface area contributed by atoms with Gasteiger partial charge in [0.1, 0.15) is 0 Å². The van der Waals surface area contributed by atoms with Gasteiger partial charge in [0.15, 0.2) is 0 Å². The van der Waals surface area contributed by atoms with Crippen molar-refractivity contribution in [2.45, 2.75) is 19.4 Å². The fourth-order valence-electron chi connectivity index (χ4n) is 3.89. The van der Waals surface area contributed by atoms with E-state index in [0.717, 1.165) is 31.5 Å². The molecular weight excluding hydrogens is 360 g/mol. The smallest absolute Gasteiger partial charge is 0.231 e. The van der Waals surface area contributed by atoms with Crippen molar-refractivity contribution in [1.82, 2.24) is 10.2 Å². The van der Waals surface area contributed by atoms with Crippen LogP contribution in [0.4, 0.5) is 0 Å². The van der Waals surface area contributed by atoms with E-state index in [0.29, 0.717) is 13.2 Å². The van der Waals surface area contributed by atoms with Gasteiger partial charge in [-0.05, 0) is 42.6 Å². The summed E-state index contributed by atoms with van der Waals surface area (Å²) in [5, 5.41) is 3.35. The van der Waals surface area contributed by atoms with Crippen LogP contribution in [0.15, 0.2) is 54.6 Å². The molecule has 1 amide bonds. The number of nitrogens with zero attached hydrogens (tertiary/aromatic N) is 1. The van der Waals surface area contributed by atoms with Crippen molar-refractivity contribution in [3.63, 3.8) is 0 Å². The molecule has 0 aromatic heterocycles. The Balaban J connectivity index is 0.00000261. The topological polar surface area (TPSA) is 41.6 Å². The highest BCUT2D eigenvalue weighted by Gasteiger charge is 2.41. The number of carbonyl (C=O) groups is 1. The standard InChI is InChI=1S/C22H28N2O2.ClH/c1-24(21(25)22(17-26-2)12-14-23-15-13-22)16-19-10-6-7-11-20(19)18-8-4-3-5-9-18;/h3-11,23H,12-17H2,1-2H3;1H. The zero-order chi connectivity index (χ0) is 18.4. The second kappa shape index (κ2) is 9.88. The van der Waals surface area contributed by atoms with Crippen LogP contribution in [0, 0.1) is 5.41 Å². The summed E-state index contributed by atoms with van der Waals surface area (Å²) in [6, 6.07) is 18.7. The highest BCUT2D eigenvalue weighted by Crippen LogP contribution is 2.32. The lowest BCUT2D eigenvalue weighted by Crippen LogP contribution is -2.50. The SMILES string of the molecule is COCC1(C(=O)N(C)Cc2ccccc2-c2ccccc2)CCNCC1.Cl. The van der Waals surface area contributed by atoms with Gasteiger partial charge in [-0.15, -0.1) is 12.4 Å². The second-order valence-corrected chi connectivity index (χ2v) is 7.15. The lowest BCUT2D eigenvalue weighted by Gasteiger charge is -2.38. The lowest BCUT2D eigenvalue weighted by molar-refractivity contribution is -0.146. The number of ether oxygens (including phenoxy) is 1. The largest absolute Gasteiger partial charge is 0.384 e. The van der Waals surface area contributed by atoms with E-state index in [1.807, 2.05) is 42.3 Å². The van der Waals surface area contributed by atoms with Gasteiger partial charge in [0, 0.05) is 20.7 Å². The number of piperidine rings is 1. The molecule has 5 heteroatoms. The maximum atomic E-state index is 13.3. The van der Waals surface area contributed by atoms with Gasteiger partial charge in [-0.2, -0.15) is 0 Å². The average Bonchev–Trinajstić information content (AvgIpc) is 2.69. The van der Waals surface area contributed by atoms with Gasteiger partial charge >= 0.3 is 0 Å². The number of carbonyl (C=O) groups excluding carboxylic acids is 1. The molecule has 0 spiro atoms. The Bertz CT molecular complexity index is 725. The molecule has 0 aliphatic carbocycles. The molecule has 2 aromatic rings. The Morgan fingerprint density at radius 2 is 1.70 bits per heavy atom. The fourth-order valence-corrected chi connectivity index (χ4v) is 3.89. The van der Waals surface area contributed by atoms with Gasteiger partial charge in [-0.25, -0.2) is 0 Å². The van der Waals surface area contributed by atoms with E-state index in [2.05, 4.69) is 29.6 Å². The zero-order valence-electron chi connectivity index (χ0n) is 16.1. The quantitative estimate of drug-likeness (QED) is 0.819. The van der Waals surface area contributed by atoms with Crippen LogP contribution >= 0.6 is 12.4 Å². The van der Waals surface area contributed by atoms with E-state index < -0.39 is 5.41 Å². The molecule has 27 heavy (non-hydrogen) atoms. The first-order valence-corrected chi connectivity index (χ1v) is 9.25. The van der Waals surface area contributed by atoms with Crippen LogP contribution in [0.3, 0.4) is 0 Å². The third-order valence-electron chi connectivity index (χ3n) is 5.29. The Hall–Kier alpha value is -1.88. The highest BCUT2D eigenvalue weighted by atomic mass is 35.5. The van der Waals surface area contributed by atoms with Crippen LogP contribution in [0.1, 0.15) is 18.4 Å². The van der Waals surface area contributed by atoms with Gasteiger partial charge < -0.3 is 15.0 Å². The molecule has 1 aliphatic heterocycles. The Labute approximate surface area is 168 Å². The lowest BCUT2D eigenvalue weighted by atomic mass is 9.78. The fraction of sp³-hybridized carbons (Fsp3) is 0.409. The van der Waals surface area contributed by atoms with E-state index in [-0.39, 0.29) is 18.3 Å². The van der Waals surface area contributed by atoms with Crippen molar-refractivity contribution >= 4 is 18.3 Å². The van der Waals surface area contributed by atoms with Crippen molar-refractivity contribution in [3.05, 3.63) is 60.2 Å². The van der Waals surface area contributed by atoms with Crippen LogP contribution in [0.25, 0.3) is 11.1 Å². The number of rotatable bonds is 6. The molecule has 1 saturated heterocycles. The molecule has 3 rings (SSSR count). The molecule has 0 bridgehead atoms. The number of methoxy groups -OCH3 is 1. The van der Waals surface area contributed by atoms with E-state index in [1.54, 1.807) is 7.11 Å². The van der Waals surface area contributed by atoms with Crippen LogP contribution in [-0.4, -0.2) is 44.7 Å². The third kappa shape index (κ3) is 4.89. The summed E-state index contributed by atoms with van der Waals surface area (Å²) in [5.41, 5.74) is 3.11. The number of hydrogen-bond donors (Lipinski definition) is 1. The number of nitrogens with one attached hydrogen (secondary N) is 1. The first kappa shape index (κ1) is 21.4. The summed E-state index contributed by atoms with van der Waals surface area (Å²) in [6.07, 6.45) is 1.65. The molecule has 1 N–H and O–H groups in total. The zero-order valence-corrected chi connectivity index (χ0v) is 16.9. The third-order valence-corrected chi connectivity index (χ3v) is 5.29. The maximum absolute atomic E-state index is 13.3. The Morgan fingerprint density at radius 3 is 2.37 bits per heavy atom. The Kier molecular flexibility index (Phi) is 7.84. The molecule has 146 valence electrons. The highest BCUT2D eigenvalue weighted by molar-refractivity contribution is 5.85. The molecule has 1 aliphatic rings. The van der Waals surface area contributed by atoms with Gasteiger partial charge in [-0.3, -0.25) is 4.79 Å². The molecule has 0 radical (unpaired) electrons. The first-order valence-electron chi connectivity index (χ1n) is 9.25.